The quantitative estimate of drug-likeness (QED) is 0.712. The van der Waals surface area contributed by atoms with E-state index in [1.807, 2.05) is 6.08 Å². The number of nitrogens with one attached hydrogen (secondary N) is 1. The molecule has 2 nitrogen and oxygen atoms in total. The van der Waals surface area contributed by atoms with Crippen LogP contribution in [0.1, 0.15) is 24.5 Å². The molecule has 0 amide bonds. The van der Waals surface area contributed by atoms with Crippen LogP contribution in [0.25, 0.3) is 0 Å². The van der Waals surface area contributed by atoms with Gasteiger partial charge in [-0.05, 0) is 24.5 Å². The molecule has 1 aromatic carbocycles. The van der Waals surface area contributed by atoms with Crippen LogP contribution in [0.3, 0.4) is 0 Å². The van der Waals surface area contributed by atoms with Crippen LogP contribution in [0, 0.1) is 0 Å². The summed E-state index contributed by atoms with van der Waals surface area (Å²) in [7, 11) is 1.71. The fraction of sp³-hybridized carbons (Fsp3) is 0.429. The van der Waals surface area contributed by atoms with Gasteiger partial charge in [-0.2, -0.15) is 0 Å². The first-order valence-corrected chi connectivity index (χ1v) is 5.67. The summed E-state index contributed by atoms with van der Waals surface area (Å²) in [5.41, 5.74) is 2.51. The van der Waals surface area contributed by atoms with Gasteiger partial charge in [0, 0.05) is 19.7 Å². The maximum absolute atomic E-state index is 5.07. The summed E-state index contributed by atoms with van der Waals surface area (Å²) in [5.74, 6) is 0. The van der Waals surface area contributed by atoms with Crippen LogP contribution in [0.15, 0.2) is 36.9 Å². The summed E-state index contributed by atoms with van der Waals surface area (Å²) < 4.78 is 5.07. The second-order valence-corrected chi connectivity index (χ2v) is 4.06. The highest BCUT2D eigenvalue weighted by Crippen LogP contribution is 2.06. The van der Waals surface area contributed by atoms with Crippen LogP contribution in [0.2, 0.25) is 0 Å². The monoisotopic (exact) mass is 219 g/mol. The second kappa shape index (κ2) is 7.20. The largest absolute Gasteiger partial charge is 0.380 e. The lowest BCUT2D eigenvalue weighted by Crippen LogP contribution is -2.24. The third-order valence-electron chi connectivity index (χ3n) is 2.51. The van der Waals surface area contributed by atoms with E-state index in [0.717, 1.165) is 13.0 Å². The molecule has 0 aliphatic heterocycles. The highest BCUT2D eigenvalue weighted by molar-refractivity contribution is 5.21. The molecule has 0 saturated heterocycles. The van der Waals surface area contributed by atoms with E-state index < -0.39 is 0 Å². The van der Waals surface area contributed by atoms with E-state index in [-0.39, 0.29) is 0 Å². The van der Waals surface area contributed by atoms with Crippen molar-refractivity contribution < 1.29 is 4.74 Å². The van der Waals surface area contributed by atoms with Gasteiger partial charge in [0.15, 0.2) is 0 Å². The number of ether oxygens (including phenoxy) is 1. The van der Waals surface area contributed by atoms with Crippen molar-refractivity contribution in [3.63, 3.8) is 0 Å². The van der Waals surface area contributed by atoms with E-state index in [1.54, 1.807) is 7.11 Å². The maximum atomic E-state index is 5.07. The molecule has 0 spiro atoms. The van der Waals surface area contributed by atoms with Gasteiger partial charge in [-0.3, -0.25) is 0 Å². The summed E-state index contributed by atoms with van der Waals surface area (Å²) in [6.45, 7) is 7.49. The number of hydrogen-bond donors (Lipinski definition) is 1. The molecular formula is C14H21NO. The average Bonchev–Trinajstić information content (AvgIpc) is 2.29. The molecule has 0 aliphatic rings. The molecular weight excluding hydrogens is 198 g/mol. The van der Waals surface area contributed by atoms with Crippen LogP contribution >= 0.6 is 0 Å². The normalized spacial score (nSPS) is 12.4. The van der Waals surface area contributed by atoms with Crippen molar-refractivity contribution in [2.75, 3.05) is 7.11 Å². The van der Waals surface area contributed by atoms with Gasteiger partial charge >= 0.3 is 0 Å². The number of hydrogen-bond acceptors (Lipinski definition) is 2. The van der Waals surface area contributed by atoms with Gasteiger partial charge in [-0.15, -0.1) is 6.58 Å². The lowest BCUT2D eigenvalue weighted by atomic mass is 10.1. The Bertz CT molecular complexity index is 305. The minimum absolute atomic E-state index is 0.483. The molecule has 0 aromatic heterocycles. The standard InChI is InChI=1S/C14H21NO/c1-4-5-12(2)15-10-13-6-8-14(9-7-13)11-16-3/h4,6-9,12,15H,1,5,10-11H2,2-3H3. The molecule has 1 atom stereocenters. The van der Waals surface area contributed by atoms with E-state index in [1.165, 1.54) is 11.1 Å². The summed E-state index contributed by atoms with van der Waals surface area (Å²) in [6.07, 6.45) is 2.95. The van der Waals surface area contributed by atoms with Crippen molar-refractivity contribution in [3.05, 3.63) is 48.0 Å². The Morgan fingerprint density at radius 2 is 1.94 bits per heavy atom. The van der Waals surface area contributed by atoms with Gasteiger partial charge in [-0.1, -0.05) is 30.3 Å². The summed E-state index contributed by atoms with van der Waals surface area (Å²) in [4.78, 5) is 0. The highest BCUT2D eigenvalue weighted by Gasteiger charge is 1.99. The molecule has 0 bridgehead atoms. The van der Waals surface area contributed by atoms with Gasteiger partial charge in [0.1, 0.15) is 0 Å². The summed E-state index contributed by atoms with van der Waals surface area (Å²) >= 11 is 0. The summed E-state index contributed by atoms with van der Waals surface area (Å²) in [6, 6.07) is 8.98. The molecule has 1 N–H and O–H groups in total. The van der Waals surface area contributed by atoms with E-state index >= 15 is 0 Å². The minimum atomic E-state index is 0.483. The molecule has 1 aromatic rings. The average molecular weight is 219 g/mol. The maximum Gasteiger partial charge on any atom is 0.0713 e. The van der Waals surface area contributed by atoms with Crippen molar-refractivity contribution in [1.82, 2.24) is 5.32 Å². The van der Waals surface area contributed by atoms with E-state index in [0.29, 0.717) is 12.6 Å². The molecule has 0 heterocycles. The molecule has 0 aliphatic carbocycles. The predicted molar refractivity (Wildman–Crippen MR) is 68.3 cm³/mol. The van der Waals surface area contributed by atoms with E-state index in [2.05, 4.69) is 43.1 Å². The van der Waals surface area contributed by atoms with Gasteiger partial charge in [0.05, 0.1) is 6.61 Å². The van der Waals surface area contributed by atoms with Crippen LogP contribution in [-0.4, -0.2) is 13.2 Å². The molecule has 0 radical (unpaired) electrons. The molecule has 0 saturated carbocycles. The zero-order valence-electron chi connectivity index (χ0n) is 10.2. The van der Waals surface area contributed by atoms with Crippen molar-refractivity contribution in [1.29, 1.82) is 0 Å². The zero-order valence-corrected chi connectivity index (χ0v) is 10.2. The molecule has 2 heteroatoms. The lowest BCUT2D eigenvalue weighted by molar-refractivity contribution is 0.185. The van der Waals surface area contributed by atoms with E-state index in [4.69, 9.17) is 4.74 Å². The van der Waals surface area contributed by atoms with Gasteiger partial charge < -0.3 is 10.1 Å². The van der Waals surface area contributed by atoms with Crippen LogP contribution < -0.4 is 5.32 Å². The lowest BCUT2D eigenvalue weighted by Gasteiger charge is -2.11. The molecule has 88 valence electrons. The molecule has 1 rings (SSSR count). The van der Waals surface area contributed by atoms with Crippen molar-refractivity contribution in [2.24, 2.45) is 0 Å². The SMILES string of the molecule is C=CCC(C)NCc1ccc(COC)cc1. The molecule has 0 fully saturated rings. The smallest absolute Gasteiger partial charge is 0.0713 e. The zero-order chi connectivity index (χ0) is 11.8. The number of rotatable bonds is 7. The Kier molecular flexibility index (Phi) is 5.83. The third kappa shape index (κ3) is 4.60. The van der Waals surface area contributed by atoms with E-state index in [9.17, 15) is 0 Å². The second-order valence-electron chi connectivity index (χ2n) is 4.06. The highest BCUT2D eigenvalue weighted by atomic mass is 16.5. The topological polar surface area (TPSA) is 21.3 Å². The fourth-order valence-corrected chi connectivity index (χ4v) is 1.55. The Hall–Kier alpha value is -1.12. The Morgan fingerprint density at radius 3 is 2.50 bits per heavy atom. The molecule has 1 unspecified atom stereocenters. The van der Waals surface area contributed by atoms with Crippen LogP contribution in [-0.2, 0) is 17.9 Å². The first-order chi connectivity index (χ1) is 7.76. The van der Waals surface area contributed by atoms with Gasteiger partial charge in [0.2, 0.25) is 0 Å². The van der Waals surface area contributed by atoms with Gasteiger partial charge in [-0.25, -0.2) is 0 Å². The first kappa shape index (κ1) is 12.9. The summed E-state index contributed by atoms with van der Waals surface area (Å²) in [5, 5.41) is 3.45. The van der Waals surface area contributed by atoms with Crippen LogP contribution in [0.4, 0.5) is 0 Å². The molecule has 16 heavy (non-hydrogen) atoms. The van der Waals surface area contributed by atoms with Crippen molar-refractivity contribution in [3.8, 4) is 0 Å². The Morgan fingerprint density at radius 1 is 1.31 bits per heavy atom. The van der Waals surface area contributed by atoms with Crippen molar-refractivity contribution >= 4 is 0 Å². The Balaban J connectivity index is 2.39. The third-order valence-corrected chi connectivity index (χ3v) is 2.51. The minimum Gasteiger partial charge on any atom is -0.380 e. The van der Waals surface area contributed by atoms with Crippen LogP contribution in [0.5, 0.6) is 0 Å². The number of benzene rings is 1. The first-order valence-electron chi connectivity index (χ1n) is 5.67. The number of methoxy groups -OCH3 is 1. The van der Waals surface area contributed by atoms with Gasteiger partial charge in [0.25, 0.3) is 0 Å². The fourth-order valence-electron chi connectivity index (χ4n) is 1.55. The van der Waals surface area contributed by atoms with Crippen molar-refractivity contribution in [2.45, 2.75) is 32.5 Å². The Labute approximate surface area is 98.3 Å². The predicted octanol–water partition coefficient (Wildman–Crippen LogP) is 2.89.